The summed E-state index contributed by atoms with van der Waals surface area (Å²) in [7, 11) is 0. The normalized spacial score (nSPS) is 14.0. The standard InChI is InChI=1S/C33H32NS.C11H20O2.Ir/c1-18(2)13-22-11-12-28-25(17-22)31-32(35-28)24-10-8-9-23(30(24)33(31,6)7)26-16-21(5)29-20(4)14-19(3)15-27(29)34-26;1-10(2,3)8(12)7-9(13)11(4,5)6;/h8,10-12,14-18H,13H2,1-7H3;7,12H,1-6H3;/q-1;;/b;8-7-;. The predicted molar refractivity (Wildman–Crippen MR) is 206 cm³/mol. The molecule has 0 amide bonds. The van der Waals surface area contributed by atoms with Crippen LogP contribution in [0.4, 0.5) is 0 Å². The zero-order chi connectivity index (χ0) is 35.5. The average Bonchev–Trinajstić information content (AvgIpc) is 3.44. The van der Waals surface area contributed by atoms with Gasteiger partial charge in [0.25, 0.3) is 0 Å². The van der Waals surface area contributed by atoms with Crippen LogP contribution in [0.3, 0.4) is 0 Å². The zero-order valence-corrected chi connectivity index (χ0v) is 34.7. The molecule has 5 aromatic rings. The van der Waals surface area contributed by atoms with Gasteiger partial charge < -0.3 is 5.11 Å². The number of hydrogen-bond acceptors (Lipinski definition) is 4. The van der Waals surface area contributed by atoms with Gasteiger partial charge in [0.1, 0.15) is 5.76 Å². The molecule has 2 heterocycles. The van der Waals surface area contributed by atoms with E-state index in [4.69, 9.17) is 4.98 Å². The number of carbonyl (C=O) groups excluding carboxylic acids is 1. The Morgan fingerprint density at radius 2 is 1.59 bits per heavy atom. The van der Waals surface area contributed by atoms with Gasteiger partial charge in [-0.25, -0.2) is 0 Å². The van der Waals surface area contributed by atoms with Crippen LogP contribution in [0, 0.1) is 43.6 Å². The molecule has 49 heavy (non-hydrogen) atoms. The first-order valence-corrected chi connectivity index (χ1v) is 18.0. The zero-order valence-electron chi connectivity index (χ0n) is 31.5. The minimum atomic E-state index is -0.417. The second-order valence-electron chi connectivity index (χ2n) is 16.7. The van der Waals surface area contributed by atoms with Crippen molar-refractivity contribution >= 4 is 38.1 Å². The third-order valence-corrected chi connectivity index (χ3v) is 10.6. The quantitative estimate of drug-likeness (QED) is 0.111. The number of pyridine rings is 1. The first-order valence-electron chi connectivity index (χ1n) is 17.2. The van der Waals surface area contributed by atoms with E-state index in [-0.39, 0.29) is 42.5 Å². The molecule has 0 saturated heterocycles. The Hall–Kier alpha value is -3.11. The van der Waals surface area contributed by atoms with Gasteiger partial charge in [0.15, 0.2) is 5.78 Å². The Bertz CT molecular complexity index is 2080. The molecule has 0 saturated carbocycles. The average molecular weight is 851 g/mol. The predicted octanol–water partition coefficient (Wildman–Crippen LogP) is 12.4. The molecule has 1 aliphatic rings. The molecule has 0 spiro atoms. The first-order chi connectivity index (χ1) is 22.2. The molecule has 0 unspecified atom stereocenters. The number of aryl methyl sites for hydroxylation is 3. The number of carbonyl (C=O) groups is 1. The molecule has 6 rings (SSSR count). The van der Waals surface area contributed by atoms with Gasteiger partial charge in [-0.1, -0.05) is 99.1 Å². The molecule has 0 aliphatic heterocycles. The SMILES string of the molecule is CC(C)(C)C(=O)/C=C(\O)C(C)(C)C.Cc1cc(C)c2c(C)cc(-c3[c-]ccc4c3C(C)(C)c3c-4sc4ccc(CC(C)C)cc34)nc2c1.[Ir]. The Morgan fingerprint density at radius 1 is 0.939 bits per heavy atom. The second-order valence-corrected chi connectivity index (χ2v) is 17.7. The van der Waals surface area contributed by atoms with E-state index in [1.165, 1.54) is 65.4 Å². The maximum atomic E-state index is 11.5. The molecular formula is C44H52IrNO2S-. The Labute approximate surface area is 311 Å². The number of thiophene rings is 1. The molecule has 1 N–H and O–H groups in total. The number of aromatic nitrogens is 1. The van der Waals surface area contributed by atoms with Crippen LogP contribution in [0.1, 0.15) is 103 Å². The number of ketones is 1. The fourth-order valence-electron chi connectivity index (χ4n) is 6.89. The van der Waals surface area contributed by atoms with Crippen molar-refractivity contribution in [2.45, 2.75) is 102 Å². The van der Waals surface area contributed by atoms with E-state index < -0.39 is 5.41 Å². The van der Waals surface area contributed by atoms with Crippen molar-refractivity contribution in [2.75, 3.05) is 0 Å². The van der Waals surface area contributed by atoms with Crippen molar-refractivity contribution in [2.24, 2.45) is 16.7 Å². The molecule has 261 valence electrons. The number of nitrogens with zero attached hydrogens (tertiary/aromatic N) is 1. The van der Waals surface area contributed by atoms with Gasteiger partial charge in [0.05, 0.1) is 5.52 Å². The Kier molecular flexibility index (Phi) is 11.0. The van der Waals surface area contributed by atoms with Crippen LogP contribution >= 0.6 is 11.3 Å². The molecule has 3 aromatic carbocycles. The number of benzene rings is 3. The van der Waals surface area contributed by atoms with Gasteiger partial charge >= 0.3 is 0 Å². The van der Waals surface area contributed by atoms with Crippen LogP contribution in [0.5, 0.6) is 0 Å². The van der Waals surface area contributed by atoms with Gasteiger partial charge in [-0.05, 0) is 89.6 Å². The van der Waals surface area contributed by atoms with E-state index >= 15 is 0 Å². The van der Waals surface area contributed by atoms with E-state index in [0.29, 0.717) is 5.92 Å². The molecular weight excluding hydrogens is 799 g/mol. The molecule has 5 heteroatoms. The van der Waals surface area contributed by atoms with Crippen LogP contribution in [0.2, 0.25) is 0 Å². The Balaban J connectivity index is 0.000000332. The number of allylic oxidation sites excluding steroid dienone is 2. The maximum absolute atomic E-state index is 11.5. The van der Waals surface area contributed by atoms with E-state index in [9.17, 15) is 9.90 Å². The molecule has 1 radical (unpaired) electrons. The van der Waals surface area contributed by atoms with Crippen molar-refractivity contribution in [3.63, 3.8) is 0 Å². The van der Waals surface area contributed by atoms with Crippen molar-refractivity contribution in [3.05, 3.63) is 99.8 Å². The number of aliphatic hydroxyl groups excluding tert-OH is 1. The van der Waals surface area contributed by atoms with Crippen LogP contribution in [0.25, 0.3) is 42.7 Å². The van der Waals surface area contributed by atoms with Crippen molar-refractivity contribution < 1.29 is 30.0 Å². The van der Waals surface area contributed by atoms with Gasteiger partial charge in [0, 0.05) is 52.0 Å². The van der Waals surface area contributed by atoms with Crippen LogP contribution in [-0.2, 0) is 36.7 Å². The summed E-state index contributed by atoms with van der Waals surface area (Å²) in [5.74, 6) is 0.757. The van der Waals surface area contributed by atoms with E-state index in [1.54, 1.807) is 0 Å². The third-order valence-electron chi connectivity index (χ3n) is 9.37. The summed E-state index contributed by atoms with van der Waals surface area (Å²) in [5, 5.41) is 12.3. The summed E-state index contributed by atoms with van der Waals surface area (Å²) in [6.45, 7) is 27.0. The summed E-state index contributed by atoms with van der Waals surface area (Å²) >= 11 is 1.94. The molecule has 0 bridgehead atoms. The van der Waals surface area contributed by atoms with Gasteiger partial charge in [-0.15, -0.1) is 40.7 Å². The fraction of sp³-hybridized carbons (Fsp3) is 0.409. The smallest absolute Gasteiger partial charge is 0.164 e. The fourth-order valence-corrected chi connectivity index (χ4v) is 8.26. The number of aliphatic hydroxyl groups is 1. The topological polar surface area (TPSA) is 50.2 Å². The molecule has 1 aliphatic carbocycles. The number of fused-ring (bicyclic) bond motifs is 6. The van der Waals surface area contributed by atoms with Crippen molar-refractivity contribution in [3.8, 4) is 21.7 Å². The summed E-state index contributed by atoms with van der Waals surface area (Å²) in [4.78, 5) is 18.1. The van der Waals surface area contributed by atoms with Gasteiger partial charge in [-0.3, -0.25) is 9.78 Å². The van der Waals surface area contributed by atoms with E-state index in [0.717, 1.165) is 23.2 Å². The van der Waals surface area contributed by atoms with E-state index in [2.05, 4.69) is 103 Å². The summed E-state index contributed by atoms with van der Waals surface area (Å²) < 4.78 is 1.39. The summed E-state index contributed by atoms with van der Waals surface area (Å²) in [6, 6.07) is 21.8. The molecule has 0 atom stereocenters. The monoisotopic (exact) mass is 851 g/mol. The number of hydrogen-bond donors (Lipinski definition) is 1. The summed E-state index contributed by atoms with van der Waals surface area (Å²) in [5.41, 5.74) is 11.8. The minimum absolute atomic E-state index is 0. The van der Waals surface area contributed by atoms with Crippen LogP contribution in [0.15, 0.2) is 60.4 Å². The number of rotatable bonds is 4. The molecule has 0 fully saturated rings. The molecule has 2 aromatic heterocycles. The van der Waals surface area contributed by atoms with Crippen LogP contribution < -0.4 is 0 Å². The first kappa shape index (κ1) is 38.7. The summed E-state index contributed by atoms with van der Waals surface area (Å²) in [6.07, 6.45) is 2.45. The van der Waals surface area contributed by atoms with Gasteiger partial charge in [0.2, 0.25) is 0 Å². The third kappa shape index (κ3) is 7.65. The minimum Gasteiger partial charge on any atom is -0.512 e. The largest absolute Gasteiger partial charge is 0.512 e. The van der Waals surface area contributed by atoms with Crippen molar-refractivity contribution in [1.29, 1.82) is 0 Å². The van der Waals surface area contributed by atoms with Crippen LogP contribution in [-0.4, -0.2) is 15.9 Å². The van der Waals surface area contributed by atoms with E-state index in [1.807, 2.05) is 52.9 Å². The second kappa shape index (κ2) is 13.9. The maximum Gasteiger partial charge on any atom is 0.164 e. The molecule has 3 nitrogen and oxygen atoms in total. The van der Waals surface area contributed by atoms with Crippen molar-refractivity contribution in [1.82, 2.24) is 4.98 Å². The Morgan fingerprint density at radius 3 is 2.20 bits per heavy atom. The van der Waals surface area contributed by atoms with Gasteiger partial charge in [-0.2, -0.15) is 0 Å².